The van der Waals surface area contributed by atoms with Crippen molar-refractivity contribution in [3.05, 3.63) is 58.9 Å². The minimum Gasteiger partial charge on any atom is -0.354 e. The van der Waals surface area contributed by atoms with Gasteiger partial charge < -0.3 is 9.88 Å². The number of Topliss-reactive ketones (excluding diaryl/α,β-unsaturated/α-hetero) is 1. The standard InChI is InChI=1S/C20H25N3O2/c1-14-11-18(19(24)12-22-10-9-21-20(25)13-22)16(3)23(14)15(2)17-7-5-4-6-8-17/h4-8,11,15H,9-10,12-13H2,1-3H3,(H,21,25)/t15-/m0/s1. The fourth-order valence-corrected chi connectivity index (χ4v) is 3.65. The van der Waals surface area contributed by atoms with Gasteiger partial charge in [-0.05, 0) is 32.4 Å². The molecule has 1 atom stereocenters. The lowest BCUT2D eigenvalue weighted by molar-refractivity contribution is -0.123. The number of carbonyl (C=O) groups is 2. The van der Waals surface area contributed by atoms with E-state index in [0.717, 1.165) is 23.5 Å². The fourth-order valence-electron chi connectivity index (χ4n) is 3.65. The van der Waals surface area contributed by atoms with Crippen LogP contribution in [0.2, 0.25) is 0 Å². The monoisotopic (exact) mass is 339 g/mol. The first-order valence-electron chi connectivity index (χ1n) is 8.73. The summed E-state index contributed by atoms with van der Waals surface area (Å²) in [6.07, 6.45) is 0. The Morgan fingerprint density at radius 2 is 1.96 bits per heavy atom. The average molecular weight is 339 g/mol. The van der Waals surface area contributed by atoms with Gasteiger partial charge in [-0.2, -0.15) is 0 Å². The number of hydrogen-bond donors (Lipinski definition) is 1. The molecule has 0 radical (unpaired) electrons. The Bertz CT molecular complexity index is 780. The molecule has 2 aromatic rings. The lowest BCUT2D eigenvalue weighted by Crippen LogP contribution is -2.49. The normalized spacial score (nSPS) is 16.5. The summed E-state index contributed by atoms with van der Waals surface area (Å²) in [6.45, 7) is 8.11. The van der Waals surface area contributed by atoms with Gasteiger partial charge in [-0.3, -0.25) is 14.5 Å². The smallest absolute Gasteiger partial charge is 0.234 e. The Morgan fingerprint density at radius 3 is 2.64 bits per heavy atom. The van der Waals surface area contributed by atoms with Gasteiger partial charge in [0.05, 0.1) is 19.1 Å². The minimum atomic E-state index is -0.0118. The first-order valence-corrected chi connectivity index (χ1v) is 8.73. The Morgan fingerprint density at radius 1 is 1.24 bits per heavy atom. The van der Waals surface area contributed by atoms with Crippen molar-refractivity contribution in [2.45, 2.75) is 26.8 Å². The number of piperazine rings is 1. The van der Waals surface area contributed by atoms with E-state index >= 15 is 0 Å². The molecule has 1 aromatic carbocycles. The zero-order chi connectivity index (χ0) is 18.0. The largest absolute Gasteiger partial charge is 0.354 e. The van der Waals surface area contributed by atoms with E-state index in [1.165, 1.54) is 5.56 Å². The third-order valence-electron chi connectivity index (χ3n) is 4.94. The molecule has 132 valence electrons. The van der Waals surface area contributed by atoms with Crippen LogP contribution in [0, 0.1) is 13.8 Å². The molecule has 0 aliphatic carbocycles. The highest BCUT2D eigenvalue weighted by Crippen LogP contribution is 2.25. The molecule has 1 fully saturated rings. The molecule has 0 spiro atoms. The number of nitrogens with zero attached hydrogens (tertiary/aromatic N) is 2. The van der Waals surface area contributed by atoms with E-state index in [4.69, 9.17) is 0 Å². The molecule has 1 aromatic heterocycles. The number of aromatic nitrogens is 1. The van der Waals surface area contributed by atoms with E-state index in [0.29, 0.717) is 13.1 Å². The maximum absolute atomic E-state index is 12.8. The number of amides is 1. The molecule has 5 nitrogen and oxygen atoms in total. The molecule has 1 amide bonds. The first-order chi connectivity index (χ1) is 12.0. The van der Waals surface area contributed by atoms with Crippen LogP contribution in [0.1, 0.15) is 40.3 Å². The number of aryl methyl sites for hydroxylation is 1. The quantitative estimate of drug-likeness (QED) is 0.851. The van der Waals surface area contributed by atoms with Crippen LogP contribution in [-0.2, 0) is 4.79 Å². The van der Waals surface area contributed by atoms with Gasteiger partial charge in [0, 0.05) is 30.0 Å². The van der Waals surface area contributed by atoms with Crippen LogP contribution in [0.4, 0.5) is 0 Å². The van der Waals surface area contributed by atoms with Crippen molar-refractivity contribution in [3.8, 4) is 0 Å². The van der Waals surface area contributed by atoms with Gasteiger partial charge in [-0.1, -0.05) is 30.3 Å². The molecule has 0 unspecified atom stereocenters. The molecular formula is C20H25N3O2. The summed E-state index contributed by atoms with van der Waals surface area (Å²) in [5.74, 6) is 0.0662. The van der Waals surface area contributed by atoms with Crippen molar-refractivity contribution in [2.24, 2.45) is 0 Å². The van der Waals surface area contributed by atoms with Crippen molar-refractivity contribution < 1.29 is 9.59 Å². The van der Waals surface area contributed by atoms with Gasteiger partial charge in [0.2, 0.25) is 5.91 Å². The Kier molecular flexibility index (Phi) is 5.04. The van der Waals surface area contributed by atoms with Gasteiger partial charge in [-0.25, -0.2) is 0 Å². The van der Waals surface area contributed by atoms with Crippen LogP contribution < -0.4 is 5.32 Å². The summed E-state index contributed by atoms with van der Waals surface area (Å²) in [7, 11) is 0. The van der Waals surface area contributed by atoms with Crippen molar-refractivity contribution in [2.75, 3.05) is 26.2 Å². The van der Waals surface area contributed by atoms with Crippen molar-refractivity contribution >= 4 is 11.7 Å². The van der Waals surface area contributed by atoms with E-state index in [2.05, 4.69) is 28.9 Å². The van der Waals surface area contributed by atoms with Crippen molar-refractivity contribution in [1.82, 2.24) is 14.8 Å². The zero-order valence-corrected chi connectivity index (χ0v) is 15.1. The van der Waals surface area contributed by atoms with Crippen LogP contribution in [0.3, 0.4) is 0 Å². The van der Waals surface area contributed by atoms with Crippen molar-refractivity contribution in [1.29, 1.82) is 0 Å². The van der Waals surface area contributed by atoms with Crippen LogP contribution in [0.5, 0.6) is 0 Å². The number of nitrogens with one attached hydrogen (secondary N) is 1. The summed E-state index contributed by atoms with van der Waals surface area (Å²) in [5, 5.41) is 2.79. The highest BCUT2D eigenvalue weighted by atomic mass is 16.2. The minimum absolute atomic E-state index is 0.0118. The summed E-state index contributed by atoms with van der Waals surface area (Å²) < 4.78 is 2.21. The van der Waals surface area contributed by atoms with E-state index in [1.807, 2.05) is 43.0 Å². The molecular weight excluding hydrogens is 314 g/mol. The molecule has 25 heavy (non-hydrogen) atoms. The maximum atomic E-state index is 12.8. The average Bonchev–Trinajstić information content (AvgIpc) is 2.90. The lowest BCUT2D eigenvalue weighted by Gasteiger charge is -2.25. The Balaban J connectivity index is 1.81. The number of ketones is 1. The number of hydrogen-bond acceptors (Lipinski definition) is 3. The first kappa shape index (κ1) is 17.4. The van der Waals surface area contributed by atoms with Gasteiger partial charge >= 0.3 is 0 Å². The predicted octanol–water partition coefficient (Wildman–Crippen LogP) is 2.33. The second kappa shape index (κ2) is 7.23. The van der Waals surface area contributed by atoms with Crippen LogP contribution in [0.25, 0.3) is 0 Å². The molecule has 1 aliphatic heterocycles. The third-order valence-corrected chi connectivity index (χ3v) is 4.94. The van der Waals surface area contributed by atoms with Gasteiger partial charge in [-0.15, -0.1) is 0 Å². The van der Waals surface area contributed by atoms with E-state index in [-0.39, 0.29) is 24.3 Å². The summed E-state index contributed by atoms with van der Waals surface area (Å²) in [6, 6.07) is 12.4. The topological polar surface area (TPSA) is 54.3 Å². The molecule has 0 bridgehead atoms. The lowest BCUT2D eigenvalue weighted by atomic mass is 10.1. The summed E-state index contributed by atoms with van der Waals surface area (Å²) in [4.78, 5) is 26.2. The molecule has 5 heteroatoms. The highest BCUT2D eigenvalue weighted by Gasteiger charge is 2.23. The molecule has 2 heterocycles. The Labute approximate surface area is 148 Å². The van der Waals surface area contributed by atoms with Gasteiger partial charge in [0.15, 0.2) is 5.78 Å². The molecule has 3 rings (SSSR count). The molecule has 0 saturated carbocycles. The summed E-state index contributed by atoms with van der Waals surface area (Å²) in [5.41, 5.74) is 4.04. The number of carbonyl (C=O) groups excluding carboxylic acids is 2. The number of benzene rings is 1. The SMILES string of the molecule is Cc1cc(C(=O)CN2CCNC(=O)C2)c(C)n1[C@@H](C)c1ccccc1. The summed E-state index contributed by atoms with van der Waals surface area (Å²) >= 11 is 0. The highest BCUT2D eigenvalue weighted by molar-refractivity contribution is 5.99. The van der Waals surface area contributed by atoms with E-state index < -0.39 is 0 Å². The van der Waals surface area contributed by atoms with Gasteiger partial charge in [0.25, 0.3) is 0 Å². The molecule has 1 N–H and O–H groups in total. The van der Waals surface area contributed by atoms with E-state index in [1.54, 1.807) is 0 Å². The van der Waals surface area contributed by atoms with Crippen LogP contribution in [-0.4, -0.2) is 47.3 Å². The maximum Gasteiger partial charge on any atom is 0.234 e. The second-order valence-corrected chi connectivity index (χ2v) is 6.73. The Hall–Kier alpha value is -2.40. The van der Waals surface area contributed by atoms with E-state index in [9.17, 15) is 9.59 Å². The molecule has 1 aliphatic rings. The fraction of sp³-hybridized carbons (Fsp3) is 0.400. The number of rotatable bonds is 5. The van der Waals surface area contributed by atoms with Crippen molar-refractivity contribution in [3.63, 3.8) is 0 Å². The van der Waals surface area contributed by atoms with Crippen LogP contribution in [0.15, 0.2) is 36.4 Å². The zero-order valence-electron chi connectivity index (χ0n) is 15.1. The van der Waals surface area contributed by atoms with Crippen LogP contribution >= 0.6 is 0 Å². The predicted molar refractivity (Wildman–Crippen MR) is 97.9 cm³/mol. The van der Waals surface area contributed by atoms with Gasteiger partial charge in [0.1, 0.15) is 0 Å². The third kappa shape index (κ3) is 3.66. The molecule has 1 saturated heterocycles. The second-order valence-electron chi connectivity index (χ2n) is 6.73.